The molecule has 4 aliphatic rings. The Morgan fingerprint density at radius 1 is 1.03 bits per heavy atom. The van der Waals surface area contributed by atoms with Gasteiger partial charge >= 0.3 is 5.97 Å². The van der Waals surface area contributed by atoms with Gasteiger partial charge in [0.1, 0.15) is 6.10 Å². The van der Waals surface area contributed by atoms with Crippen LogP contribution < -0.4 is 0 Å². The summed E-state index contributed by atoms with van der Waals surface area (Å²) in [5.74, 6) is 0.846. The molecule has 2 unspecified atom stereocenters. The minimum atomic E-state index is -0.0380. The minimum Gasteiger partial charge on any atom is -0.461 e. The monoisotopic (exact) mass is 518 g/mol. The van der Waals surface area contributed by atoms with Crippen molar-refractivity contribution in [3.05, 3.63) is 82.4 Å². The Bertz CT molecular complexity index is 1140. The molecule has 2 aliphatic heterocycles. The number of rotatable bonds is 5. The van der Waals surface area contributed by atoms with Crippen molar-refractivity contribution in [2.75, 3.05) is 32.7 Å². The molecular weight excluding hydrogens is 480 g/mol. The molecule has 5 heteroatoms. The largest absolute Gasteiger partial charge is 0.461 e. The first-order chi connectivity index (χ1) is 17.9. The third-order valence-corrected chi connectivity index (χ3v) is 9.86. The fraction of sp³-hybridized carbons (Fsp3) is 0.531. The maximum absolute atomic E-state index is 13.1. The van der Waals surface area contributed by atoms with Gasteiger partial charge in [-0.1, -0.05) is 86.0 Å². The summed E-state index contributed by atoms with van der Waals surface area (Å²) in [4.78, 5) is 18.1. The molecule has 2 aromatic carbocycles. The molecule has 0 N–H and O–H groups in total. The van der Waals surface area contributed by atoms with E-state index in [1.807, 2.05) is 12.1 Å². The number of ether oxygens (including phenoxy) is 1. The molecule has 0 aromatic heterocycles. The highest BCUT2D eigenvalue weighted by atomic mass is 35.5. The second kappa shape index (κ2) is 10.2. The summed E-state index contributed by atoms with van der Waals surface area (Å²) in [6.07, 6.45) is 7.33. The molecule has 2 aromatic rings. The quantitative estimate of drug-likeness (QED) is 0.340. The Labute approximate surface area is 226 Å². The van der Waals surface area contributed by atoms with Crippen molar-refractivity contribution >= 4 is 17.6 Å². The number of halogens is 1. The van der Waals surface area contributed by atoms with E-state index in [-0.39, 0.29) is 35.4 Å². The lowest BCUT2D eigenvalue weighted by Gasteiger charge is -2.46. The predicted molar refractivity (Wildman–Crippen MR) is 148 cm³/mol. The second-order valence-electron chi connectivity index (χ2n) is 12.0. The molecule has 0 radical (unpaired) electrons. The van der Waals surface area contributed by atoms with E-state index in [2.05, 4.69) is 72.2 Å². The molecule has 3 fully saturated rings. The first-order valence-electron chi connectivity index (χ1n) is 14.1. The number of hydrogen-bond acceptors (Lipinski definition) is 4. The van der Waals surface area contributed by atoms with Gasteiger partial charge in [0.15, 0.2) is 0 Å². The zero-order valence-corrected chi connectivity index (χ0v) is 22.9. The molecule has 1 saturated carbocycles. The molecule has 4 nitrogen and oxygen atoms in total. The summed E-state index contributed by atoms with van der Waals surface area (Å²) in [5, 5.41) is 0.766. The number of benzene rings is 2. The van der Waals surface area contributed by atoms with E-state index in [0.29, 0.717) is 5.92 Å². The number of fused-ring (bicyclic) bond motifs is 2. The average Bonchev–Trinajstić information content (AvgIpc) is 3.19. The molecule has 37 heavy (non-hydrogen) atoms. The summed E-state index contributed by atoms with van der Waals surface area (Å²) in [6, 6.07) is 19.2. The summed E-state index contributed by atoms with van der Waals surface area (Å²) in [5.41, 5.74) is 4.39. The van der Waals surface area contributed by atoms with E-state index in [1.54, 1.807) is 5.57 Å². The van der Waals surface area contributed by atoms with Gasteiger partial charge in [0, 0.05) is 43.7 Å². The number of carbonyl (C=O) groups is 1. The SMILES string of the molecule is C[C@H]1CCC[C@]2(C)C[C@H]3OC(=O)C(CN4CCN(C(c5ccccc5)c5ccc(Cl)cc5)CC4)[C@H]3C=C12. The van der Waals surface area contributed by atoms with E-state index >= 15 is 0 Å². The van der Waals surface area contributed by atoms with Crippen molar-refractivity contribution in [2.24, 2.45) is 23.2 Å². The van der Waals surface area contributed by atoms with Crippen LogP contribution in [0.15, 0.2) is 66.2 Å². The fourth-order valence-corrected chi connectivity index (χ4v) is 7.76. The number of piperazine rings is 1. The Morgan fingerprint density at radius 3 is 2.46 bits per heavy atom. The lowest BCUT2D eigenvalue weighted by atomic mass is 9.59. The minimum absolute atomic E-state index is 0.0208. The lowest BCUT2D eigenvalue weighted by Crippen LogP contribution is -2.50. The van der Waals surface area contributed by atoms with Crippen LogP contribution in [-0.2, 0) is 9.53 Å². The molecule has 6 rings (SSSR count). The van der Waals surface area contributed by atoms with Crippen LogP contribution in [0.4, 0.5) is 0 Å². The number of esters is 1. The zero-order valence-electron chi connectivity index (χ0n) is 22.1. The highest BCUT2D eigenvalue weighted by Gasteiger charge is 2.52. The van der Waals surface area contributed by atoms with Gasteiger partial charge in [-0.25, -0.2) is 0 Å². The molecule has 196 valence electrons. The van der Waals surface area contributed by atoms with Crippen molar-refractivity contribution in [3.8, 4) is 0 Å². The van der Waals surface area contributed by atoms with E-state index in [0.717, 1.165) is 44.2 Å². The second-order valence-corrected chi connectivity index (χ2v) is 12.5. The van der Waals surface area contributed by atoms with Gasteiger partial charge < -0.3 is 4.74 Å². The van der Waals surface area contributed by atoms with Crippen molar-refractivity contribution in [2.45, 2.75) is 51.7 Å². The summed E-state index contributed by atoms with van der Waals surface area (Å²) in [7, 11) is 0. The summed E-state index contributed by atoms with van der Waals surface area (Å²) in [6.45, 7) is 9.43. The van der Waals surface area contributed by atoms with Gasteiger partial charge in [0.25, 0.3) is 0 Å². The highest BCUT2D eigenvalue weighted by Crippen LogP contribution is 2.54. The van der Waals surface area contributed by atoms with Crippen LogP contribution in [0.1, 0.15) is 56.7 Å². The number of allylic oxidation sites excluding steroid dienone is 1. The van der Waals surface area contributed by atoms with Crippen molar-refractivity contribution in [3.63, 3.8) is 0 Å². The first-order valence-corrected chi connectivity index (χ1v) is 14.5. The van der Waals surface area contributed by atoms with Crippen molar-refractivity contribution < 1.29 is 9.53 Å². The molecule has 2 heterocycles. The van der Waals surface area contributed by atoms with Crippen molar-refractivity contribution in [1.29, 1.82) is 0 Å². The maximum atomic E-state index is 13.1. The van der Waals surface area contributed by atoms with E-state index in [1.165, 1.54) is 30.4 Å². The van der Waals surface area contributed by atoms with Gasteiger partial charge in [-0.2, -0.15) is 0 Å². The topological polar surface area (TPSA) is 32.8 Å². The zero-order chi connectivity index (χ0) is 25.6. The first kappa shape index (κ1) is 25.2. The molecule has 0 bridgehead atoms. The third kappa shape index (κ3) is 4.89. The van der Waals surface area contributed by atoms with Crippen LogP contribution in [0.2, 0.25) is 5.02 Å². The molecule has 2 saturated heterocycles. The molecule has 6 atom stereocenters. The van der Waals surface area contributed by atoms with Crippen LogP contribution in [0.5, 0.6) is 0 Å². The predicted octanol–water partition coefficient (Wildman–Crippen LogP) is 6.36. The Kier molecular flexibility index (Phi) is 6.94. The third-order valence-electron chi connectivity index (χ3n) is 9.61. The van der Waals surface area contributed by atoms with Crippen LogP contribution >= 0.6 is 11.6 Å². The standard InChI is InChI=1S/C32H39ClN2O2/c1-22-7-6-14-32(2)20-29-26(19-28(22)32)27(31(36)37-29)21-34-15-17-35(18-16-34)30(23-8-4-3-5-9-23)24-10-12-25(33)13-11-24/h3-5,8-13,19,22,26-27,29-30H,6-7,14-18,20-21H2,1-2H3/t22-,26+,27?,29+,30?,32+/m0/s1. The van der Waals surface area contributed by atoms with Gasteiger partial charge in [-0.3, -0.25) is 14.6 Å². The molecule has 0 spiro atoms. The molecule has 2 aliphatic carbocycles. The van der Waals surface area contributed by atoms with E-state index in [4.69, 9.17) is 16.3 Å². The maximum Gasteiger partial charge on any atom is 0.311 e. The van der Waals surface area contributed by atoms with Gasteiger partial charge in [-0.15, -0.1) is 0 Å². The smallest absolute Gasteiger partial charge is 0.311 e. The lowest BCUT2D eigenvalue weighted by molar-refractivity contribution is -0.145. The summed E-state index contributed by atoms with van der Waals surface area (Å²) >= 11 is 6.20. The highest BCUT2D eigenvalue weighted by molar-refractivity contribution is 6.30. The number of nitrogens with zero attached hydrogens (tertiary/aromatic N) is 2. The summed E-state index contributed by atoms with van der Waals surface area (Å²) < 4.78 is 6.02. The van der Waals surface area contributed by atoms with E-state index in [9.17, 15) is 4.79 Å². The average molecular weight is 519 g/mol. The van der Waals surface area contributed by atoms with Gasteiger partial charge in [-0.05, 0) is 53.9 Å². The fourth-order valence-electron chi connectivity index (χ4n) is 7.64. The normalized spacial score (nSPS) is 33.3. The van der Waals surface area contributed by atoms with E-state index < -0.39 is 0 Å². The number of carbonyl (C=O) groups excluding carboxylic acids is 1. The van der Waals surface area contributed by atoms with Gasteiger partial charge in [0.05, 0.1) is 12.0 Å². The Hall–Kier alpha value is -2.14. The van der Waals surface area contributed by atoms with Crippen molar-refractivity contribution in [1.82, 2.24) is 9.80 Å². The molecular formula is C32H39ClN2O2. The number of hydrogen-bond donors (Lipinski definition) is 0. The Morgan fingerprint density at radius 2 is 1.73 bits per heavy atom. The van der Waals surface area contributed by atoms with Gasteiger partial charge in [0.2, 0.25) is 0 Å². The Balaban J connectivity index is 1.15. The van der Waals surface area contributed by atoms with Crippen LogP contribution in [0.3, 0.4) is 0 Å². The molecule has 0 amide bonds. The van der Waals surface area contributed by atoms with Crippen LogP contribution in [0.25, 0.3) is 0 Å². The van der Waals surface area contributed by atoms with Crippen LogP contribution in [0, 0.1) is 23.2 Å². The van der Waals surface area contributed by atoms with Crippen LogP contribution in [-0.4, -0.2) is 54.6 Å².